The molecule has 0 saturated heterocycles. The lowest BCUT2D eigenvalue weighted by Gasteiger charge is -2.19. The van der Waals surface area contributed by atoms with Gasteiger partial charge in [0.25, 0.3) is 0 Å². The lowest BCUT2D eigenvalue weighted by atomic mass is 10.2. The number of amides is 1. The monoisotopic (exact) mass is 213 g/mol. The van der Waals surface area contributed by atoms with Gasteiger partial charge >= 0.3 is 6.09 Å². The van der Waals surface area contributed by atoms with Crippen molar-refractivity contribution in [3.8, 4) is 0 Å². The largest absolute Gasteiger partial charge is 0.444 e. The number of nitrogens with zero attached hydrogens (tertiary/aromatic N) is 1. The predicted octanol–water partition coefficient (Wildman–Crippen LogP) is 1.91. The molecule has 0 radical (unpaired) electrons. The molecule has 0 aliphatic heterocycles. The fourth-order valence-electron chi connectivity index (χ4n) is 0.945. The summed E-state index contributed by atoms with van der Waals surface area (Å²) in [4.78, 5) is 11.4. The third kappa shape index (κ3) is 3.16. The highest BCUT2D eigenvalue weighted by Gasteiger charge is 2.19. The van der Waals surface area contributed by atoms with Crippen LogP contribution in [-0.2, 0) is 4.74 Å². The Morgan fingerprint density at radius 3 is 2.53 bits per heavy atom. The van der Waals surface area contributed by atoms with Crippen LogP contribution in [0.2, 0.25) is 0 Å². The Labute approximate surface area is 87.8 Å². The molecule has 0 atom stereocenters. The minimum atomic E-state index is -0.583. The van der Waals surface area contributed by atoms with Crippen molar-refractivity contribution in [2.75, 3.05) is 11.1 Å². The second-order valence-corrected chi connectivity index (χ2v) is 4.13. The SMILES string of the molecule is Cc1noc(N)c1NC(=O)OC(C)(C)C. The molecule has 1 aromatic heterocycles. The van der Waals surface area contributed by atoms with E-state index >= 15 is 0 Å². The summed E-state index contributed by atoms with van der Waals surface area (Å²) in [5.41, 5.74) is 5.77. The van der Waals surface area contributed by atoms with Crippen molar-refractivity contribution in [1.29, 1.82) is 0 Å². The van der Waals surface area contributed by atoms with Gasteiger partial charge in [0.15, 0.2) is 0 Å². The molecule has 0 aromatic carbocycles. The van der Waals surface area contributed by atoms with Crippen molar-refractivity contribution < 1.29 is 14.1 Å². The zero-order valence-corrected chi connectivity index (χ0v) is 9.25. The van der Waals surface area contributed by atoms with Crippen LogP contribution in [0.5, 0.6) is 0 Å². The predicted molar refractivity (Wildman–Crippen MR) is 55.5 cm³/mol. The first kappa shape index (κ1) is 11.4. The van der Waals surface area contributed by atoms with Crippen molar-refractivity contribution in [1.82, 2.24) is 5.16 Å². The molecule has 0 spiro atoms. The van der Waals surface area contributed by atoms with Crippen LogP contribution in [0.3, 0.4) is 0 Å². The first-order valence-corrected chi connectivity index (χ1v) is 4.51. The van der Waals surface area contributed by atoms with E-state index in [-0.39, 0.29) is 5.88 Å². The fraction of sp³-hybridized carbons (Fsp3) is 0.556. The number of carbonyl (C=O) groups excluding carboxylic acids is 1. The summed E-state index contributed by atoms with van der Waals surface area (Å²) >= 11 is 0. The van der Waals surface area contributed by atoms with Crippen LogP contribution in [0.1, 0.15) is 26.5 Å². The van der Waals surface area contributed by atoms with Crippen LogP contribution < -0.4 is 11.1 Å². The second kappa shape index (κ2) is 3.80. The molecule has 84 valence electrons. The van der Waals surface area contributed by atoms with Crippen LogP contribution in [-0.4, -0.2) is 16.9 Å². The van der Waals surface area contributed by atoms with E-state index < -0.39 is 11.7 Å². The molecule has 0 bridgehead atoms. The Morgan fingerprint density at radius 1 is 1.53 bits per heavy atom. The number of nitrogens with one attached hydrogen (secondary N) is 1. The highest BCUT2D eigenvalue weighted by atomic mass is 16.6. The van der Waals surface area contributed by atoms with E-state index in [4.69, 9.17) is 10.5 Å². The van der Waals surface area contributed by atoms with Crippen LogP contribution in [0.15, 0.2) is 4.52 Å². The van der Waals surface area contributed by atoms with Gasteiger partial charge in [0.1, 0.15) is 17.0 Å². The van der Waals surface area contributed by atoms with Gasteiger partial charge in [-0.25, -0.2) is 4.79 Å². The molecular weight excluding hydrogens is 198 g/mol. The number of aryl methyl sites for hydroxylation is 1. The average molecular weight is 213 g/mol. The Balaban J connectivity index is 2.67. The number of nitrogen functional groups attached to an aromatic ring is 1. The Bertz CT molecular complexity index is 346. The number of nitrogens with two attached hydrogens (primary N) is 1. The van der Waals surface area contributed by atoms with Crippen molar-refractivity contribution in [2.45, 2.75) is 33.3 Å². The number of hydrogen-bond donors (Lipinski definition) is 2. The van der Waals surface area contributed by atoms with Gasteiger partial charge in [-0.3, -0.25) is 5.32 Å². The number of ether oxygens (including phenoxy) is 1. The van der Waals surface area contributed by atoms with Crippen molar-refractivity contribution in [3.05, 3.63) is 5.69 Å². The van der Waals surface area contributed by atoms with Gasteiger partial charge in [0.2, 0.25) is 5.88 Å². The Kier molecular flexibility index (Phi) is 2.88. The average Bonchev–Trinajstić information content (AvgIpc) is 2.32. The van der Waals surface area contributed by atoms with Crippen LogP contribution >= 0.6 is 0 Å². The smallest absolute Gasteiger partial charge is 0.412 e. The molecule has 0 aliphatic carbocycles. The van der Waals surface area contributed by atoms with Gasteiger partial charge in [0, 0.05) is 0 Å². The van der Waals surface area contributed by atoms with E-state index in [9.17, 15) is 4.79 Å². The summed E-state index contributed by atoms with van der Waals surface area (Å²) in [7, 11) is 0. The molecule has 0 aliphatic rings. The molecule has 6 nitrogen and oxygen atoms in total. The van der Waals surface area contributed by atoms with Gasteiger partial charge in [0.05, 0.1) is 0 Å². The molecule has 1 aromatic rings. The van der Waals surface area contributed by atoms with Crippen molar-refractivity contribution in [2.24, 2.45) is 0 Å². The van der Waals surface area contributed by atoms with E-state index in [1.807, 2.05) is 0 Å². The summed E-state index contributed by atoms with van der Waals surface area (Å²) in [6.07, 6.45) is -0.583. The van der Waals surface area contributed by atoms with E-state index in [0.717, 1.165) is 0 Å². The topological polar surface area (TPSA) is 90.4 Å². The minimum absolute atomic E-state index is 0.0679. The van der Waals surface area contributed by atoms with E-state index in [1.165, 1.54) is 0 Å². The maximum atomic E-state index is 11.4. The molecule has 0 saturated carbocycles. The van der Waals surface area contributed by atoms with Gasteiger partial charge in [-0.2, -0.15) is 0 Å². The van der Waals surface area contributed by atoms with E-state index in [0.29, 0.717) is 11.4 Å². The molecule has 1 heterocycles. The highest BCUT2D eigenvalue weighted by molar-refractivity contribution is 5.88. The first-order chi connectivity index (χ1) is 6.79. The highest BCUT2D eigenvalue weighted by Crippen LogP contribution is 2.22. The molecule has 0 unspecified atom stereocenters. The zero-order chi connectivity index (χ0) is 11.6. The maximum absolute atomic E-state index is 11.4. The van der Waals surface area contributed by atoms with Crippen LogP contribution in [0.4, 0.5) is 16.4 Å². The quantitative estimate of drug-likeness (QED) is 0.743. The molecule has 3 N–H and O–H groups in total. The number of carbonyl (C=O) groups is 1. The summed E-state index contributed by atoms with van der Waals surface area (Å²) in [6, 6.07) is 0. The van der Waals surface area contributed by atoms with Crippen molar-refractivity contribution in [3.63, 3.8) is 0 Å². The summed E-state index contributed by atoms with van der Waals surface area (Å²) in [5, 5.41) is 6.07. The number of hydrogen-bond acceptors (Lipinski definition) is 5. The molecule has 1 rings (SSSR count). The lowest BCUT2D eigenvalue weighted by Crippen LogP contribution is -2.27. The van der Waals surface area contributed by atoms with E-state index in [1.54, 1.807) is 27.7 Å². The first-order valence-electron chi connectivity index (χ1n) is 4.51. The zero-order valence-electron chi connectivity index (χ0n) is 9.25. The summed E-state index contributed by atoms with van der Waals surface area (Å²) in [6.45, 7) is 7.00. The fourth-order valence-corrected chi connectivity index (χ4v) is 0.945. The third-order valence-electron chi connectivity index (χ3n) is 1.52. The normalized spacial score (nSPS) is 11.2. The van der Waals surface area contributed by atoms with Gasteiger partial charge in [-0.05, 0) is 27.7 Å². The third-order valence-corrected chi connectivity index (χ3v) is 1.52. The summed E-state index contributed by atoms with van der Waals surface area (Å²) < 4.78 is 9.73. The molecular formula is C9H15N3O3. The van der Waals surface area contributed by atoms with Crippen LogP contribution in [0.25, 0.3) is 0 Å². The summed E-state index contributed by atoms with van der Waals surface area (Å²) in [5.74, 6) is 0.0679. The molecule has 1 amide bonds. The van der Waals surface area contributed by atoms with Gasteiger partial charge in [-0.1, -0.05) is 5.16 Å². The van der Waals surface area contributed by atoms with Gasteiger partial charge in [-0.15, -0.1) is 0 Å². The molecule has 6 heteroatoms. The number of aromatic nitrogens is 1. The Morgan fingerprint density at radius 2 is 2.13 bits per heavy atom. The Hall–Kier alpha value is -1.72. The minimum Gasteiger partial charge on any atom is -0.444 e. The number of anilines is 2. The molecule has 15 heavy (non-hydrogen) atoms. The van der Waals surface area contributed by atoms with Gasteiger partial charge < -0.3 is 15.0 Å². The molecule has 0 fully saturated rings. The van der Waals surface area contributed by atoms with Crippen LogP contribution in [0, 0.1) is 6.92 Å². The van der Waals surface area contributed by atoms with Crippen molar-refractivity contribution >= 4 is 17.7 Å². The standard InChI is InChI=1S/C9H15N3O3/c1-5-6(7(10)15-12-5)11-8(13)14-9(2,3)4/h10H2,1-4H3,(H,11,13). The maximum Gasteiger partial charge on any atom is 0.412 e. The van der Waals surface area contributed by atoms with E-state index in [2.05, 4.69) is 15.0 Å². The number of rotatable bonds is 1. The lowest BCUT2D eigenvalue weighted by molar-refractivity contribution is 0.0636. The second-order valence-electron chi connectivity index (χ2n) is 4.13.